The summed E-state index contributed by atoms with van der Waals surface area (Å²) in [7, 11) is 0. The largest absolute Gasteiger partial charge is 0.503 e. The number of hydrogen-bond donors (Lipinski definition) is 2. The number of hydrogen-bond acceptors (Lipinski definition) is 1. The molecular weight excluding hydrogens is 223 g/mol. The summed E-state index contributed by atoms with van der Waals surface area (Å²) in [5.41, 5.74) is 1.30. The Morgan fingerprint density at radius 1 is 1.24 bits per heavy atom. The lowest BCUT2D eigenvalue weighted by atomic mass is 9.64. The van der Waals surface area contributed by atoms with Crippen molar-refractivity contribution in [2.24, 2.45) is 11.8 Å². The van der Waals surface area contributed by atoms with Crippen molar-refractivity contribution >= 4 is 6.16 Å². The normalized spacial score (nSPS) is 26.4. The standard InChI is InChI=1S/C12H15F.CH2O3/c1-8-7-12(9(8)2)10-3-5-11(13)6-4-10;2-1(3)4/h3-6,8-9,12H,7H2,1-2H3;(H2,2,3,4). The van der Waals surface area contributed by atoms with Gasteiger partial charge in [0, 0.05) is 0 Å². The van der Waals surface area contributed by atoms with Crippen molar-refractivity contribution in [3.63, 3.8) is 0 Å². The van der Waals surface area contributed by atoms with Crippen LogP contribution in [0.3, 0.4) is 0 Å². The highest BCUT2D eigenvalue weighted by atomic mass is 19.1. The molecule has 1 aliphatic rings. The van der Waals surface area contributed by atoms with E-state index < -0.39 is 6.16 Å². The topological polar surface area (TPSA) is 57.5 Å². The molecule has 1 saturated carbocycles. The molecule has 94 valence electrons. The molecule has 3 nitrogen and oxygen atoms in total. The summed E-state index contributed by atoms with van der Waals surface area (Å²) in [5.74, 6) is 2.11. The second-order valence-corrected chi connectivity index (χ2v) is 4.51. The molecule has 0 amide bonds. The number of halogens is 1. The molecule has 2 N–H and O–H groups in total. The molecule has 0 bridgehead atoms. The Labute approximate surface area is 99.9 Å². The molecule has 1 fully saturated rings. The second kappa shape index (κ2) is 5.66. The van der Waals surface area contributed by atoms with Gasteiger partial charge in [-0.3, -0.25) is 0 Å². The van der Waals surface area contributed by atoms with Crippen molar-refractivity contribution in [3.8, 4) is 0 Å². The van der Waals surface area contributed by atoms with Gasteiger partial charge in [-0.05, 0) is 41.9 Å². The fourth-order valence-corrected chi connectivity index (χ4v) is 2.18. The molecule has 0 heterocycles. The fraction of sp³-hybridized carbons (Fsp3) is 0.462. The smallest absolute Gasteiger partial charge is 0.450 e. The molecule has 1 aliphatic carbocycles. The number of carbonyl (C=O) groups is 1. The Morgan fingerprint density at radius 2 is 1.71 bits per heavy atom. The second-order valence-electron chi connectivity index (χ2n) is 4.51. The first kappa shape index (κ1) is 13.5. The molecule has 3 atom stereocenters. The van der Waals surface area contributed by atoms with Crippen LogP contribution in [0.25, 0.3) is 0 Å². The average molecular weight is 240 g/mol. The van der Waals surface area contributed by atoms with Gasteiger partial charge in [-0.2, -0.15) is 0 Å². The fourth-order valence-electron chi connectivity index (χ4n) is 2.18. The van der Waals surface area contributed by atoms with E-state index in [0.29, 0.717) is 5.92 Å². The molecule has 0 saturated heterocycles. The first-order chi connectivity index (χ1) is 7.91. The molecule has 4 heteroatoms. The summed E-state index contributed by atoms with van der Waals surface area (Å²) in [4.78, 5) is 8.56. The predicted molar refractivity (Wildman–Crippen MR) is 62.7 cm³/mol. The maximum Gasteiger partial charge on any atom is 0.503 e. The molecule has 1 aromatic rings. The van der Waals surface area contributed by atoms with Crippen LogP contribution in [0.1, 0.15) is 31.7 Å². The van der Waals surface area contributed by atoms with Gasteiger partial charge in [0.15, 0.2) is 0 Å². The van der Waals surface area contributed by atoms with Crippen LogP contribution in [0.2, 0.25) is 0 Å². The highest BCUT2D eigenvalue weighted by molar-refractivity contribution is 5.53. The molecule has 2 rings (SSSR count). The molecule has 1 aromatic carbocycles. The third-order valence-corrected chi connectivity index (χ3v) is 3.46. The SMILES string of the molecule is CC1CC(c2ccc(F)cc2)C1C.O=C(O)O. The van der Waals surface area contributed by atoms with Gasteiger partial charge in [0.2, 0.25) is 0 Å². The first-order valence-corrected chi connectivity index (χ1v) is 5.59. The van der Waals surface area contributed by atoms with Gasteiger partial charge in [-0.15, -0.1) is 0 Å². The van der Waals surface area contributed by atoms with E-state index >= 15 is 0 Å². The number of benzene rings is 1. The van der Waals surface area contributed by atoms with Crippen molar-refractivity contribution in [2.45, 2.75) is 26.2 Å². The van der Waals surface area contributed by atoms with E-state index in [1.54, 1.807) is 12.1 Å². The Bertz CT molecular complexity index is 371. The zero-order valence-corrected chi connectivity index (χ0v) is 9.93. The third kappa shape index (κ3) is 3.73. The van der Waals surface area contributed by atoms with Crippen LogP contribution in [-0.4, -0.2) is 16.4 Å². The maximum atomic E-state index is 12.6. The van der Waals surface area contributed by atoms with Crippen LogP contribution >= 0.6 is 0 Å². The molecular formula is C13H17FO3. The van der Waals surface area contributed by atoms with E-state index in [2.05, 4.69) is 13.8 Å². The summed E-state index contributed by atoms with van der Waals surface area (Å²) in [6.45, 7) is 4.56. The lowest BCUT2D eigenvalue weighted by Crippen LogP contribution is -2.30. The number of rotatable bonds is 1. The van der Waals surface area contributed by atoms with Crippen LogP contribution < -0.4 is 0 Å². The van der Waals surface area contributed by atoms with E-state index in [1.807, 2.05) is 12.1 Å². The van der Waals surface area contributed by atoms with Crippen LogP contribution in [0.5, 0.6) is 0 Å². The molecule has 0 aromatic heterocycles. The minimum atomic E-state index is -1.83. The molecule has 17 heavy (non-hydrogen) atoms. The van der Waals surface area contributed by atoms with Crippen LogP contribution in [0.4, 0.5) is 9.18 Å². The summed E-state index contributed by atoms with van der Waals surface area (Å²) in [6.07, 6.45) is -0.577. The Morgan fingerprint density at radius 3 is 2.06 bits per heavy atom. The Hall–Kier alpha value is -1.58. The van der Waals surface area contributed by atoms with Crippen LogP contribution in [0, 0.1) is 17.7 Å². The highest BCUT2D eigenvalue weighted by Gasteiger charge is 2.34. The first-order valence-electron chi connectivity index (χ1n) is 5.59. The molecule has 0 aliphatic heterocycles. The zero-order chi connectivity index (χ0) is 13.0. The minimum Gasteiger partial charge on any atom is -0.450 e. The molecule has 0 spiro atoms. The Kier molecular flexibility index (Phi) is 4.49. The van der Waals surface area contributed by atoms with Crippen molar-refractivity contribution in [2.75, 3.05) is 0 Å². The number of carboxylic acid groups (broad SMARTS) is 2. The summed E-state index contributed by atoms with van der Waals surface area (Å²) in [6, 6.07) is 6.96. The minimum absolute atomic E-state index is 0.135. The van der Waals surface area contributed by atoms with E-state index in [9.17, 15) is 4.39 Å². The van der Waals surface area contributed by atoms with E-state index in [0.717, 1.165) is 11.8 Å². The van der Waals surface area contributed by atoms with Crippen molar-refractivity contribution < 1.29 is 19.4 Å². The van der Waals surface area contributed by atoms with Crippen molar-refractivity contribution in [1.82, 2.24) is 0 Å². The lowest BCUT2D eigenvalue weighted by Gasteiger charge is -2.41. The summed E-state index contributed by atoms with van der Waals surface area (Å²) < 4.78 is 12.6. The highest BCUT2D eigenvalue weighted by Crippen LogP contribution is 2.46. The lowest BCUT2D eigenvalue weighted by molar-refractivity contribution is 0.137. The van der Waals surface area contributed by atoms with Gasteiger partial charge in [0.25, 0.3) is 0 Å². The van der Waals surface area contributed by atoms with Gasteiger partial charge in [-0.25, -0.2) is 9.18 Å². The van der Waals surface area contributed by atoms with Gasteiger partial charge in [-0.1, -0.05) is 26.0 Å². The summed E-state index contributed by atoms with van der Waals surface area (Å²) >= 11 is 0. The van der Waals surface area contributed by atoms with Gasteiger partial charge >= 0.3 is 6.16 Å². The molecule has 3 unspecified atom stereocenters. The quantitative estimate of drug-likeness (QED) is 0.784. The third-order valence-electron chi connectivity index (χ3n) is 3.46. The van der Waals surface area contributed by atoms with E-state index in [1.165, 1.54) is 12.0 Å². The molecule has 0 radical (unpaired) electrons. The van der Waals surface area contributed by atoms with Gasteiger partial charge in [0.1, 0.15) is 5.82 Å². The monoisotopic (exact) mass is 240 g/mol. The maximum absolute atomic E-state index is 12.6. The zero-order valence-electron chi connectivity index (χ0n) is 9.93. The van der Waals surface area contributed by atoms with E-state index in [-0.39, 0.29) is 5.82 Å². The Balaban J connectivity index is 0.000000317. The van der Waals surface area contributed by atoms with Gasteiger partial charge < -0.3 is 10.2 Å². The van der Waals surface area contributed by atoms with Crippen LogP contribution in [0.15, 0.2) is 24.3 Å². The van der Waals surface area contributed by atoms with Crippen molar-refractivity contribution in [3.05, 3.63) is 35.6 Å². The van der Waals surface area contributed by atoms with Gasteiger partial charge in [0.05, 0.1) is 0 Å². The van der Waals surface area contributed by atoms with Crippen LogP contribution in [-0.2, 0) is 0 Å². The average Bonchev–Trinajstić information content (AvgIpc) is 2.26. The van der Waals surface area contributed by atoms with E-state index in [4.69, 9.17) is 15.0 Å². The predicted octanol–water partition coefficient (Wildman–Crippen LogP) is 3.81. The summed E-state index contributed by atoms with van der Waals surface area (Å²) in [5, 5.41) is 13.9. The van der Waals surface area contributed by atoms with Crippen molar-refractivity contribution in [1.29, 1.82) is 0 Å².